The maximum Gasteiger partial charge on any atom is 0.161 e. The van der Waals surface area contributed by atoms with Gasteiger partial charge in [-0.25, -0.2) is 0 Å². The Morgan fingerprint density at radius 1 is 1.04 bits per heavy atom. The molecule has 0 saturated heterocycles. The van der Waals surface area contributed by atoms with Gasteiger partial charge in [0, 0.05) is 0 Å². The molecule has 0 fully saturated rings. The third kappa shape index (κ3) is 7.51. The quantitative estimate of drug-likeness (QED) is 0.425. The van der Waals surface area contributed by atoms with E-state index in [0.29, 0.717) is 12.5 Å². The Morgan fingerprint density at radius 3 is 2.22 bits per heavy atom. The minimum absolute atomic E-state index is 0.474. The van der Waals surface area contributed by atoms with Crippen molar-refractivity contribution in [2.45, 2.75) is 60.0 Å². The van der Waals surface area contributed by atoms with Gasteiger partial charge in [0.05, 0.1) is 0 Å². The number of benzene rings is 1. The molecule has 0 bridgehead atoms. The summed E-state index contributed by atoms with van der Waals surface area (Å²) in [7, 11) is 0. The van der Waals surface area contributed by atoms with Crippen molar-refractivity contribution in [1.29, 1.82) is 0 Å². The van der Waals surface area contributed by atoms with Gasteiger partial charge in [-0.2, -0.15) is 4.89 Å². The van der Waals surface area contributed by atoms with E-state index in [1.54, 1.807) is 0 Å². The zero-order valence-corrected chi connectivity index (χ0v) is 15.1. The van der Waals surface area contributed by atoms with Crippen LogP contribution in [0.5, 0.6) is 0 Å². The molecule has 1 aliphatic carbocycles. The van der Waals surface area contributed by atoms with E-state index < -0.39 is 0 Å². The molecular formula is C21H32O2. The van der Waals surface area contributed by atoms with E-state index in [2.05, 4.69) is 39.8 Å². The fourth-order valence-electron chi connectivity index (χ4n) is 2.66. The van der Waals surface area contributed by atoms with Crippen LogP contribution in [0, 0.1) is 11.8 Å². The molecule has 1 unspecified atom stereocenters. The first kappa shape index (κ1) is 19.5. The van der Waals surface area contributed by atoms with E-state index in [1.165, 1.54) is 19.3 Å². The molecule has 1 atom stereocenters. The van der Waals surface area contributed by atoms with Crippen LogP contribution < -0.4 is 0 Å². The second-order valence-electron chi connectivity index (χ2n) is 5.98. The standard InChI is InChI=1S/C18H24O2.C3H8/c1-3-16(4-2)17-10-12-18(13-11-17)20-19-14-15-8-6-5-7-9-15;1-3-2/h5-10,12-13,16-17H,3-4,11,14H2,1-2H3;3H2,1-2H3. The normalized spacial score (nSPS) is 16.6. The van der Waals surface area contributed by atoms with Gasteiger partial charge in [0.1, 0.15) is 6.61 Å². The second-order valence-corrected chi connectivity index (χ2v) is 5.98. The van der Waals surface area contributed by atoms with E-state index in [4.69, 9.17) is 9.78 Å². The first-order valence-electron chi connectivity index (χ1n) is 8.96. The lowest BCUT2D eigenvalue weighted by molar-refractivity contribution is -0.268. The monoisotopic (exact) mass is 316 g/mol. The molecule has 0 spiro atoms. The summed E-state index contributed by atoms with van der Waals surface area (Å²) in [6.07, 6.45) is 11.2. The highest BCUT2D eigenvalue weighted by Gasteiger charge is 2.17. The molecule has 2 nitrogen and oxygen atoms in total. The van der Waals surface area contributed by atoms with E-state index in [-0.39, 0.29) is 0 Å². The van der Waals surface area contributed by atoms with Crippen molar-refractivity contribution in [2.75, 3.05) is 0 Å². The minimum atomic E-state index is 0.474. The molecule has 0 amide bonds. The van der Waals surface area contributed by atoms with Gasteiger partial charge in [-0.1, -0.05) is 83.4 Å². The SMILES string of the molecule is CCC.CCC(CC)C1C=CC(OOCc2ccccc2)=CC1. The van der Waals surface area contributed by atoms with Gasteiger partial charge in [0.25, 0.3) is 0 Å². The fourth-order valence-corrected chi connectivity index (χ4v) is 2.66. The minimum Gasteiger partial charge on any atom is -0.338 e. The van der Waals surface area contributed by atoms with Crippen molar-refractivity contribution in [2.24, 2.45) is 11.8 Å². The third-order valence-electron chi connectivity index (χ3n) is 3.98. The molecule has 2 rings (SSSR count). The Bertz CT molecular complexity index is 458. The molecule has 0 N–H and O–H groups in total. The van der Waals surface area contributed by atoms with Crippen LogP contribution in [0.15, 0.2) is 54.3 Å². The van der Waals surface area contributed by atoms with Crippen LogP contribution in [-0.4, -0.2) is 0 Å². The summed E-state index contributed by atoms with van der Waals surface area (Å²) in [5.41, 5.74) is 1.11. The largest absolute Gasteiger partial charge is 0.338 e. The topological polar surface area (TPSA) is 18.5 Å². The highest BCUT2D eigenvalue weighted by atomic mass is 17.2. The highest BCUT2D eigenvalue weighted by Crippen LogP contribution is 2.28. The number of hydrogen-bond acceptors (Lipinski definition) is 2. The zero-order valence-electron chi connectivity index (χ0n) is 15.1. The molecule has 2 heteroatoms. The van der Waals surface area contributed by atoms with Crippen LogP contribution in [0.25, 0.3) is 0 Å². The molecular weight excluding hydrogens is 284 g/mol. The number of allylic oxidation sites excluding steroid dienone is 3. The Morgan fingerprint density at radius 2 is 1.70 bits per heavy atom. The average Bonchev–Trinajstić information content (AvgIpc) is 2.59. The summed E-state index contributed by atoms with van der Waals surface area (Å²) in [5, 5.41) is 0. The van der Waals surface area contributed by atoms with Crippen molar-refractivity contribution < 1.29 is 9.78 Å². The van der Waals surface area contributed by atoms with Gasteiger partial charge in [0.15, 0.2) is 5.76 Å². The lowest BCUT2D eigenvalue weighted by atomic mass is 9.83. The molecule has 128 valence electrons. The summed E-state index contributed by atoms with van der Waals surface area (Å²) >= 11 is 0. The predicted molar refractivity (Wildman–Crippen MR) is 97.7 cm³/mol. The van der Waals surface area contributed by atoms with Crippen LogP contribution in [-0.2, 0) is 16.4 Å². The first-order chi connectivity index (χ1) is 11.2. The lowest BCUT2D eigenvalue weighted by Crippen LogP contribution is -2.13. The average molecular weight is 316 g/mol. The zero-order chi connectivity index (χ0) is 16.9. The van der Waals surface area contributed by atoms with Crippen molar-refractivity contribution in [3.8, 4) is 0 Å². The molecule has 1 aliphatic rings. The summed E-state index contributed by atoms with van der Waals surface area (Å²) < 4.78 is 0. The molecule has 0 aliphatic heterocycles. The van der Waals surface area contributed by atoms with Gasteiger partial charge in [-0.05, 0) is 36.0 Å². The van der Waals surface area contributed by atoms with Crippen LogP contribution in [0.3, 0.4) is 0 Å². The summed E-state index contributed by atoms with van der Waals surface area (Å²) in [6, 6.07) is 10.0. The number of rotatable bonds is 7. The summed E-state index contributed by atoms with van der Waals surface area (Å²) in [5.74, 6) is 2.24. The van der Waals surface area contributed by atoms with Gasteiger partial charge in [-0.15, -0.1) is 0 Å². The van der Waals surface area contributed by atoms with Crippen molar-refractivity contribution >= 4 is 0 Å². The van der Waals surface area contributed by atoms with E-state index in [9.17, 15) is 0 Å². The summed E-state index contributed by atoms with van der Waals surface area (Å²) in [6.45, 7) is 9.25. The Kier molecular flexibility index (Phi) is 10.1. The first-order valence-corrected chi connectivity index (χ1v) is 8.96. The Labute approximate surface area is 142 Å². The van der Waals surface area contributed by atoms with Crippen LogP contribution in [0.4, 0.5) is 0 Å². The highest BCUT2D eigenvalue weighted by molar-refractivity contribution is 5.18. The van der Waals surface area contributed by atoms with Crippen molar-refractivity contribution in [3.63, 3.8) is 0 Å². The van der Waals surface area contributed by atoms with Crippen LogP contribution in [0.1, 0.15) is 58.9 Å². The molecule has 0 saturated carbocycles. The molecule has 0 aromatic heterocycles. The van der Waals surface area contributed by atoms with Crippen LogP contribution in [0.2, 0.25) is 0 Å². The van der Waals surface area contributed by atoms with Gasteiger partial charge in [-0.3, -0.25) is 0 Å². The van der Waals surface area contributed by atoms with E-state index in [0.717, 1.165) is 23.7 Å². The molecule has 1 aromatic carbocycles. The smallest absolute Gasteiger partial charge is 0.161 e. The molecule has 0 heterocycles. The van der Waals surface area contributed by atoms with Crippen LogP contribution >= 0.6 is 0 Å². The van der Waals surface area contributed by atoms with Crippen molar-refractivity contribution in [1.82, 2.24) is 0 Å². The predicted octanol–water partition coefficient (Wildman–Crippen LogP) is 6.45. The molecule has 23 heavy (non-hydrogen) atoms. The Balaban J connectivity index is 0.000000816. The Hall–Kier alpha value is -1.54. The molecule has 0 radical (unpaired) electrons. The van der Waals surface area contributed by atoms with E-state index >= 15 is 0 Å². The number of hydrogen-bond donors (Lipinski definition) is 0. The van der Waals surface area contributed by atoms with Gasteiger partial charge >= 0.3 is 0 Å². The van der Waals surface area contributed by atoms with Gasteiger partial charge in [0.2, 0.25) is 0 Å². The second kappa shape index (κ2) is 12.0. The molecule has 1 aromatic rings. The lowest BCUT2D eigenvalue weighted by Gasteiger charge is -2.23. The fraction of sp³-hybridized carbons (Fsp3) is 0.524. The van der Waals surface area contributed by atoms with E-state index in [1.807, 2.05) is 36.4 Å². The maximum atomic E-state index is 5.36. The summed E-state index contributed by atoms with van der Waals surface area (Å²) in [4.78, 5) is 10.6. The van der Waals surface area contributed by atoms with Gasteiger partial charge < -0.3 is 4.89 Å². The maximum absolute atomic E-state index is 5.36. The third-order valence-corrected chi connectivity index (χ3v) is 3.98. The van der Waals surface area contributed by atoms with Crippen molar-refractivity contribution in [3.05, 3.63) is 59.9 Å².